The Kier molecular flexibility index (Phi) is 3.10. The molecule has 0 aliphatic heterocycles. The molecule has 0 aromatic carbocycles. The van der Waals surface area contributed by atoms with Gasteiger partial charge in [0.25, 0.3) is 5.82 Å². The molecular formula is C7H10F3N3O. The Bertz CT molecular complexity index is 297. The zero-order chi connectivity index (χ0) is 10.8. The predicted molar refractivity (Wildman–Crippen MR) is 41.4 cm³/mol. The Labute approximate surface area is 78.5 Å². The van der Waals surface area contributed by atoms with Crippen LogP contribution in [0.4, 0.5) is 13.2 Å². The van der Waals surface area contributed by atoms with Gasteiger partial charge in [0, 0.05) is 0 Å². The predicted octanol–water partition coefficient (Wildman–Crippen LogP) is 1.76. The smallest absolute Gasteiger partial charge is 0.337 e. The molecule has 14 heavy (non-hydrogen) atoms. The summed E-state index contributed by atoms with van der Waals surface area (Å²) in [4.78, 5) is 3.23. The molecule has 4 nitrogen and oxygen atoms in total. The second-order valence-electron chi connectivity index (χ2n) is 2.73. The molecule has 0 saturated carbocycles. The first kappa shape index (κ1) is 11.0. The summed E-state index contributed by atoms with van der Waals surface area (Å²) in [6.07, 6.45) is -4.55. The van der Waals surface area contributed by atoms with Crippen LogP contribution in [0.5, 0.6) is 0 Å². The summed E-state index contributed by atoms with van der Waals surface area (Å²) in [5.74, 6) is -1.29. The van der Waals surface area contributed by atoms with Crippen LogP contribution >= 0.6 is 0 Å². The highest BCUT2D eigenvalue weighted by Gasteiger charge is 2.37. The minimum absolute atomic E-state index is 0.0563. The van der Waals surface area contributed by atoms with E-state index in [-0.39, 0.29) is 11.9 Å². The van der Waals surface area contributed by atoms with Crippen molar-refractivity contribution in [3.8, 4) is 0 Å². The van der Waals surface area contributed by atoms with Crippen LogP contribution in [-0.2, 0) is 6.18 Å². The summed E-state index contributed by atoms with van der Waals surface area (Å²) in [5.41, 5.74) is 0. The summed E-state index contributed by atoms with van der Waals surface area (Å²) >= 11 is 0. The molecule has 1 unspecified atom stereocenters. The Morgan fingerprint density at radius 1 is 1.50 bits per heavy atom. The molecule has 0 amide bonds. The number of aromatic nitrogens is 2. The normalized spacial score (nSPS) is 14.4. The van der Waals surface area contributed by atoms with E-state index in [0.717, 1.165) is 0 Å². The number of nitrogens with zero attached hydrogens (tertiary/aromatic N) is 2. The fourth-order valence-corrected chi connectivity index (χ4v) is 0.920. The standard InChI is InChI=1S/C7H10F3N3O/c1-3-11-4(2)5-12-6(13-14-5)7(8,9)10/h4,11H,3H2,1-2H3. The molecule has 1 N–H and O–H groups in total. The second-order valence-corrected chi connectivity index (χ2v) is 2.73. The molecule has 1 atom stereocenters. The van der Waals surface area contributed by atoms with Crippen molar-refractivity contribution in [2.24, 2.45) is 0 Å². The van der Waals surface area contributed by atoms with Crippen molar-refractivity contribution in [2.45, 2.75) is 26.1 Å². The van der Waals surface area contributed by atoms with Crippen molar-refractivity contribution >= 4 is 0 Å². The van der Waals surface area contributed by atoms with Crippen molar-refractivity contribution in [1.29, 1.82) is 0 Å². The molecule has 1 rings (SSSR count). The Balaban J connectivity index is 2.78. The van der Waals surface area contributed by atoms with Crippen molar-refractivity contribution < 1.29 is 17.7 Å². The fraction of sp³-hybridized carbons (Fsp3) is 0.714. The molecule has 0 saturated heterocycles. The minimum atomic E-state index is -4.55. The van der Waals surface area contributed by atoms with Gasteiger partial charge in [-0.15, -0.1) is 0 Å². The lowest BCUT2D eigenvalue weighted by atomic mass is 10.3. The second kappa shape index (κ2) is 3.95. The quantitative estimate of drug-likeness (QED) is 0.824. The molecule has 0 fully saturated rings. The van der Waals surface area contributed by atoms with Gasteiger partial charge in [-0.25, -0.2) is 0 Å². The fourth-order valence-electron chi connectivity index (χ4n) is 0.920. The topological polar surface area (TPSA) is 51.0 Å². The summed E-state index contributed by atoms with van der Waals surface area (Å²) < 4.78 is 40.6. The van der Waals surface area contributed by atoms with Crippen LogP contribution in [0.25, 0.3) is 0 Å². The molecule has 0 aliphatic carbocycles. The maximum Gasteiger partial charge on any atom is 0.455 e. The summed E-state index contributed by atoms with van der Waals surface area (Å²) in [5, 5.41) is 5.70. The van der Waals surface area contributed by atoms with Crippen molar-refractivity contribution in [3.05, 3.63) is 11.7 Å². The van der Waals surface area contributed by atoms with Gasteiger partial charge < -0.3 is 9.84 Å². The van der Waals surface area contributed by atoms with Crippen LogP contribution in [0, 0.1) is 0 Å². The molecule has 0 bridgehead atoms. The van der Waals surface area contributed by atoms with E-state index >= 15 is 0 Å². The van der Waals surface area contributed by atoms with Crippen molar-refractivity contribution in [3.63, 3.8) is 0 Å². The van der Waals surface area contributed by atoms with E-state index < -0.39 is 12.0 Å². The van der Waals surface area contributed by atoms with E-state index in [1.165, 1.54) is 0 Å². The van der Waals surface area contributed by atoms with E-state index in [4.69, 9.17) is 0 Å². The van der Waals surface area contributed by atoms with Gasteiger partial charge in [0.1, 0.15) is 0 Å². The van der Waals surface area contributed by atoms with E-state index in [1.54, 1.807) is 6.92 Å². The first-order chi connectivity index (χ1) is 6.45. The van der Waals surface area contributed by atoms with Crippen LogP contribution < -0.4 is 5.32 Å². The van der Waals surface area contributed by atoms with E-state index in [9.17, 15) is 13.2 Å². The summed E-state index contributed by atoms with van der Waals surface area (Å²) in [6, 6.07) is -0.372. The Morgan fingerprint density at radius 2 is 2.14 bits per heavy atom. The van der Waals surface area contributed by atoms with E-state index in [2.05, 4.69) is 20.0 Å². The SMILES string of the molecule is CCNC(C)c1nc(C(F)(F)F)no1. The number of nitrogens with one attached hydrogen (secondary N) is 1. The number of alkyl halides is 3. The average molecular weight is 209 g/mol. The highest BCUT2D eigenvalue weighted by molar-refractivity contribution is 4.94. The minimum Gasteiger partial charge on any atom is -0.337 e. The van der Waals surface area contributed by atoms with Crippen LogP contribution in [0.2, 0.25) is 0 Å². The molecule has 1 aromatic heterocycles. The lowest BCUT2D eigenvalue weighted by molar-refractivity contribution is -0.146. The molecule has 1 heterocycles. The third-order valence-electron chi connectivity index (χ3n) is 1.58. The van der Waals surface area contributed by atoms with E-state index in [1.807, 2.05) is 6.92 Å². The maximum absolute atomic E-state index is 12.0. The molecule has 7 heteroatoms. The van der Waals surface area contributed by atoms with Gasteiger partial charge in [0.2, 0.25) is 5.89 Å². The molecular weight excluding hydrogens is 199 g/mol. The lowest BCUT2D eigenvalue weighted by Crippen LogP contribution is -2.18. The first-order valence-electron chi connectivity index (χ1n) is 4.09. The van der Waals surface area contributed by atoms with Crippen LogP contribution in [0.1, 0.15) is 31.6 Å². The highest BCUT2D eigenvalue weighted by atomic mass is 19.4. The zero-order valence-electron chi connectivity index (χ0n) is 7.72. The molecule has 0 spiro atoms. The number of halogens is 3. The maximum atomic E-state index is 12.0. The van der Waals surface area contributed by atoms with Crippen molar-refractivity contribution in [2.75, 3.05) is 6.54 Å². The van der Waals surface area contributed by atoms with Gasteiger partial charge in [0.05, 0.1) is 6.04 Å². The highest BCUT2D eigenvalue weighted by Crippen LogP contribution is 2.27. The Hall–Kier alpha value is -1.11. The number of hydrogen-bond acceptors (Lipinski definition) is 4. The number of hydrogen-bond donors (Lipinski definition) is 1. The molecule has 80 valence electrons. The molecule has 0 aliphatic rings. The Morgan fingerprint density at radius 3 is 2.57 bits per heavy atom. The molecule has 1 aromatic rings. The average Bonchev–Trinajstić information content (AvgIpc) is 2.51. The third kappa shape index (κ3) is 2.44. The number of rotatable bonds is 3. The van der Waals surface area contributed by atoms with Crippen LogP contribution in [-0.4, -0.2) is 16.7 Å². The van der Waals surface area contributed by atoms with Gasteiger partial charge in [-0.2, -0.15) is 18.2 Å². The van der Waals surface area contributed by atoms with Crippen LogP contribution in [0.3, 0.4) is 0 Å². The third-order valence-corrected chi connectivity index (χ3v) is 1.58. The van der Waals surface area contributed by atoms with E-state index in [0.29, 0.717) is 6.54 Å². The molecule has 0 radical (unpaired) electrons. The zero-order valence-corrected chi connectivity index (χ0v) is 7.72. The van der Waals surface area contributed by atoms with Gasteiger partial charge in [-0.3, -0.25) is 0 Å². The monoisotopic (exact) mass is 209 g/mol. The van der Waals surface area contributed by atoms with Gasteiger partial charge >= 0.3 is 6.18 Å². The van der Waals surface area contributed by atoms with Crippen LogP contribution in [0.15, 0.2) is 4.52 Å². The summed E-state index contributed by atoms with van der Waals surface area (Å²) in [6.45, 7) is 4.10. The largest absolute Gasteiger partial charge is 0.455 e. The first-order valence-corrected chi connectivity index (χ1v) is 4.09. The lowest BCUT2D eigenvalue weighted by Gasteiger charge is -2.05. The van der Waals surface area contributed by atoms with Crippen molar-refractivity contribution in [1.82, 2.24) is 15.5 Å². The van der Waals surface area contributed by atoms with Gasteiger partial charge in [-0.05, 0) is 13.5 Å². The van der Waals surface area contributed by atoms with Gasteiger partial charge in [-0.1, -0.05) is 12.1 Å². The summed E-state index contributed by atoms with van der Waals surface area (Å²) in [7, 11) is 0. The van der Waals surface area contributed by atoms with Gasteiger partial charge in [0.15, 0.2) is 0 Å².